The molecule has 4 N–H and O–H groups in total. The predicted molar refractivity (Wildman–Crippen MR) is 108 cm³/mol. The van der Waals surface area contributed by atoms with E-state index in [9.17, 15) is 9.59 Å². The van der Waals surface area contributed by atoms with Gasteiger partial charge in [-0.2, -0.15) is 0 Å². The first-order valence-corrected chi connectivity index (χ1v) is 8.18. The average molecular weight is 377 g/mol. The van der Waals surface area contributed by atoms with E-state index in [1.807, 2.05) is 45.2 Å². The van der Waals surface area contributed by atoms with Gasteiger partial charge >= 0.3 is 6.03 Å². The molecule has 0 spiro atoms. The van der Waals surface area contributed by atoms with Crippen molar-refractivity contribution in [3.63, 3.8) is 0 Å². The van der Waals surface area contributed by atoms with Crippen LogP contribution in [0.25, 0.3) is 0 Å². The van der Waals surface area contributed by atoms with Crippen LogP contribution < -0.4 is 21.3 Å². The Labute approximate surface area is 160 Å². The summed E-state index contributed by atoms with van der Waals surface area (Å²) in [7, 11) is 1.84. The smallest absolute Gasteiger partial charge is 0.323 e. The molecule has 3 amide bonds. The molecule has 0 aliphatic heterocycles. The average Bonchev–Trinajstić information content (AvgIpc) is 2.62. The van der Waals surface area contributed by atoms with Crippen molar-refractivity contribution in [2.45, 2.75) is 19.9 Å². The molecule has 6 nitrogen and oxygen atoms in total. The topological polar surface area (TPSA) is 82.3 Å². The highest BCUT2D eigenvalue weighted by molar-refractivity contribution is 6.02. The molecule has 140 valence electrons. The molecule has 2 aromatic rings. The zero-order valence-corrected chi connectivity index (χ0v) is 15.9. The van der Waals surface area contributed by atoms with Crippen molar-refractivity contribution in [2.75, 3.05) is 24.2 Å². The Morgan fingerprint density at radius 3 is 2.38 bits per heavy atom. The second kappa shape index (κ2) is 10.4. The van der Waals surface area contributed by atoms with Crippen LogP contribution in [0.5, 0.6) is 0 Å². The fraction of sp³-hybridized carbons (Fsp3) is 0.263. The van der Waals surface area contributed by atoms with Gasteiger partial charge in [0.05, 0.1) is 0 Å². The number of benzene rings is 2. The van der Waals surface area contributed by atoms with Gasteiger partial charge in [-0.05, 0) is 50.7 Å². The highest BCUT2D eigenvalue weighted by atomic mass is 35.5. The second-order valence-corrected chi connectivity index (χ2v) is 5.87. The van der Waals surface area contributed by atoms with E-state index < -0.39 is 0 Å². The monoisotopic (exact) mass is 376 g/mol. The Morgan fingerprint density at radius 1 is 1.04 bits per heavy atom. The van der Waals surface area contributed by atoms with Crippen LogP contribution in [0.15, 0.2) is 48.5 Å². The normalized spacial score (nSPS) is 11.0. The van der Waals surface area contributed by atoms with Crippen molar-refractivity contribution < 1.29 is 9.59 Å². The van der Waals surface area contributed by atoms with Crippen molar-refractivity contribution in [3.05, 3.63) is 59.7 Å². The molecule has 2 rings (SSSR count). The van der Waals surface area contributed by atoms with E-state index in [0.29, 0.717) is 23.5 Å². The van der Waals surface area contributed by atoms with Gasteiger partial charge in [0, 0.05) is 29.5 Å². The lowest BCUT2D eigenvalue weighted by Crippen LogP contribution is -2.37. The largest absolute Gasteiger partial charge is 0.350 e. The molecule has 1 atom stereocenters. The van der Waals surface area contributed by atoms with Gasteiger partial charge in [-0.25, -0.2) is 4.79 Å². The second-order valence-electron chi connectivity index (χ2n) is 5.87. The minimum absolute atomic E-state index is 0. The number of halogens is 1. The summed E-state index contributed by atoms with van der Waals surface area (Å²) in [5.74, 6) is -0.173. The molecule has 2 aromatic carbocycles. The highest BCUT2D eigenvalue weighted by Crippen LogP contribution is 2.17. The Morgan fingerprint density at radius 2 is 1.73 bits per heavy atom. The molecule has 0 saturated heterocycles. The number of amides is 3. The molecule has 7 heteroatoms. The summed E-state index contributed by atoms with van der Waals surface area (Å²) in [5, 5.41) is 11.5. The van der Waals surface area contributed by atoms with Crippen molar-refractivity contribution in [2.24, 2.45) is 0 Å². The van der Waals surface area contributed by atoms with Crippen molar-refractivity contribution in [1.29, 1.82) is 0 Å². The first-order chi connectivity index (χ1) is 12.0. The Bertz CT molecular complexity index is 738. The third kappa shape index (κ3) is 6.38. The number of urea groups is 1. The molecular formula is C19H25ClN4O2. The molecular weight excluding hydrogens is 352 g/mol. The summed E-state index contributed by atoms with van der Waals surface area (Å²) >= 11 is 0. The Balaban J connectivity index is 0.00000338. The Hall–Kier alpha value is -2.57. The maximum absolute atomic E-state index is 12.2. The van der Waals surface area contributed by atoms with E-state index in [2.05, 4.69) is 21.3 Å². The Kier molecular flexibility index (Phi) is 8.61. The minimum atomic E-state index is -0.351. The number of rotatable bonds is 6. The third-order valence-corrected chi connectivity index (χ3v) is 3.84. The number of hydrogen-bond acceptors (Lipinski definition) is 3. The van der Waals surface area contributed by atoms with E-state index in [0.717, 1.165) is 5.56 Å². The minimum Gasteiger partial charge on any atom is -0.350 e. The number of nitrogens with one attached hydrogen (secondary N) is 4. The van der Waals surface area contributed by atoms with Gasteiger partial charge in [0.2, 0.25) is 0 Å². The molecule has 0 radical (unpaired) electrons. The molecule has 0 aliphatic rings. The van der Waals surface area contributed by atoms with Gasteiger partial charge in [0.1, 0.15) is 0 Å². The van der Waals surface area contributed by atoms with Crippen LogP contribution in [0.3, 0.4) is 0 Å². The summed E-state index contributed by atoms with van der Waals surface area (Å²) in [6, 6.07) is 14.3. The zero-order chi connectivity index (χ0) is 18.2. The van der Waals surface area contributed by atoms with Crippen molar-refractivity contribution >= 4 is 35.7 Å². The first kappa shape index (κ1) is 21.5. The molecule has 0 fully saturated rings. The van der Waals surface area contributed by atoms with E-state index in [-0.39, 0.29) is 30.4 Å². The number of carbonyl (C=O) groups excluding carboxylic acids is 2. The molecule has 0 aromatic heterocycles. The van der Waals surface area contributed by atoms with Crippen LogP contribution in [0, 0.1) is 6.92 Å². The first-order valence-electron chi connectivity index (χ1n) is 8.18. The van der Waals surface area contributed by atoms with Crippen LogP contribution in [0.1, 0.15) is 22.8 Å². The number of hydrogen-bond donors (Lipinski definition) is 4. The van der Waals surface area contributed by atoms with Crippen LogP contribution >= 0.6 is 12.4 Å². The number of aryl methyl sites for hydroxylation is 1. The van der Waals surface area contributed by atoms with Gasteiger partial charge in [-0.15, -0.1) is 12.4 Å². The molecule has 0 aliphatic carbocycles. The van der Waals surface area contributed by atoms with E-state index in [1.54, 1.807) is 24.3 Å². The number of carbonyl (C=O) groups is 2. The van der Waals surface area contributed by atoms with Gasteiger partial charge in [-0.3, -0.25) is 4.79 Å². The highest BCUT2D eigenvalue weighted by Gasteiger charge is 2.11. The molecule has 0 saturated carbocycles. The third-order valence-electron chi connectivity index (χ3n) is 3.84. The summed E-state index contributed by atoms with van der Waals surface area (Å²) in [6.07, 6.45) is 0. The van der Waals surface area contributed by atoms with Gasteiger partial charge in [-0.1, -0.05) is 24.3 Å². The van der Waals surface area contributed by atoms with Gasteiger partial charge < -0.3 is 21.3 Å². The SMILES string of the molecule is CNC(C)CNC(=O)c1ccc(C)c(NC(=O)Nc2ccccc2)c1.Cl. The molecule has 1 unspecified atom stereocenters. The lowest BCUT2D eigenvalue weighted by atomic mass is 10.1. The van der Waals surface area contributed by atoms with Crippen LogP contribution in [0.4, 0.5) is 16.2 Å². The predicted octanol–water partition coefficient (Wildman–Crippen LogP) is 3.40. The molecule has 0 bridgehead atoms. The summed E-state index contributed by atoms with van der Waals surface area (Å²) in [6.45, 7) is 4.39. The lowest BCUT2D eigenvalue weighted by Gasteiger charge is -2.13. The van der Waals surface area contributed by atoms with Crippen molar-refractivity contribution in [1.82, 2.24) is 10.6 Å². The van der Waals surface area contributed by atoms with Gasteiger partial charge in [0.25, 0.3) is 5.91 Å². The van der Waals surface area contributed by atoms with Crippen LogP contribution in [-0.4, -0.2) is 31.6 Å². The number of likely N-dealkylation sites (N-methyl/N-ethyl adjacent to an activating group) is 1. The van der Waals surface area contributed by atoms with Crippen LogP contribution in [0.2, 0.25) is 0 Å². The summed E-state index contributed by atoms with van der Waals surface area (Å²) in [4.78, 5) is 24.4. The summed E-state index contributed by atoms with van der Waals surface area (Å²) < 4.78 is 0. The fourth-order valence-corrected chi connectivity index (χ4v) is 2.15. The summed E-state index contributed by atoms with van der Waals surface area (Å²) in [5.41, 5.74) is 2.68. The standard InChI is InChI=1S/C19H24N4O2.ClH/c1-13-9-10-15(18(24)21-12-14(2)20-3)11-17(13)23-19(25)22-16-7-5-4-6-8-16;/h4-11,14,20H,12H2,1-3H3,(H,21,24)(H2,22,23,25);1H. The van der Waals surface area contributed by atoms with Crippen molar-refractivity contribution in [3.8, 4) is 0 Å². The van der Waals surface area contributed by atoms with E-state index in [4.69, 9.17) is 0 Å². The van der Waals surface area contributed by atoms with E-state index in [1.165, 1.54) is 0 Å². The number of para-hydroxylation sites is 1. The zero-order valence-electron chi connectivity index (χ0n) is 15.1. The molecule has 26 heavy (non-hydrogen) atoms. The maximum atomic E-state index is 12.2. The number of anilines is 2. The van der Waals surface area contributed by atoms with Gasteiger partial charge in [0.15, 0.2) is 0 Å². The van der Waals surface area contributed by atoms with E-state index >= 15 is 0 Å². The quantitative estimate of drug-likeness (QED) is 0.623. The maximum Gasteiger partial charge on any atom is 0.323 e. The van der Waals surface area contributed by atoms with Crippen LogP contribution in [-0.2, 0) is 0 Å². The lowest BCUT2D eigenvalue weighted by molar-refractivity contribution is 0.0950. The molecule has 0 heterocycles. The fourth-order valence-electron chi connectivity index (χ4n) is 2.15.